The van der Waals surface area contributed by atoms with E-state index in [9.17, 15) is 0 Å². The standard InChI is InChI=1S/C15H22N4O/c16-8-3-11-20-12-6-9-19(10-7-12)15-17-13-4-1-2-5-14(13)18-15/h1-2,4-5,12H,3,6-11,16H2,(H,17,18). The first kappa shape index (κ1) is 13.4. The maximum absolute atomic E-state index is 5.83. The molecule has 3 rings (SSSR count). The molecule has 1 aliphatic heterocycles. The van der Waals surface area contributed by atoms with Crippen LogP contribution in [0.3, 0.4) is 0 Å². The van der Waals surface area contributed by atoms with Crippen LogP contribution in [0.5, 0.6) is 0 Å². The number of nitrogens with two attached hydrogens (primary N) is 1. The highest BCUT2D eigenvalue weighted by molar-refractivity contribution is 5.77. The summed E-state index contributed by atoms with van der Waals surface area (Å²) >= 11 is 0. The number of ether oxygens (including phenoxy) is 1. The summed E-state index contributed by atoms with van der Waals surface area (Å²) in [4.78, 5) is 10.3. The predicted molar refractivity (Wildman–Crippen MR) is 81.0 cm³/mol. The Morgan fingerprint density at radius 2 is 2.10 bits per heavy atom. The molecule has 1 fully saturated rings. The van der Waals surface area contributed by atoms with Gasteiger partial charge in [0.25, 0.3) is 0 Å². The van der Waals surface area contributed by atoms with Gasteiger partial charge in [-0.25, -0.2) is 4.98 Å². The third-order valence-electron chi connectivity index (χ3n) is 3.82. The summed E-state index contributed by atoms with van der Waals surface area (Å²) in [6, 6.07) is 8.15. The number of fused-ring (bicyclic) bond motifs is 1. The Kier molecular flexibility index (Phi) is 4.18. The monoisotopic (exact) mass is 274 g/mol. The number of rotatable bonds is 5. The number of aromatic nitrogens is 2. The van der Waals surface area contributed by atoms with Crippen molar-refractivity contribution in [1.82, 2.24) is 9.97 Å². The Morgan fingerprint density at radius 1 is 1.30 bits per heavy atom. The minimum Gasteiger partial charge on any atom is -0.378 e. The van der Waals surface area contributed by atoms with Crippen molar-refractivity contribution in [2.75, 3.05) is 31.1 Å². The molecule has 5 nitrogen and oxygen atoms in total. The average molecular weight is 274 g/mol. The quantitative estimate of drug-likeness (QED) is 0.817. The van der Waals surface area contributed by atoms with Gasteiger partial charge in [0.1, 0.15) is 0 Å². The van der Waals surface area contributed by atoms with E-state index in [4.69, 9.17) is 10.5 Å². The molecule has 20 heavy (non-hydrogen) atoms. The van der Waals surface area contributed by atoms with Gasteiger partial charge >= 0.3 is 0 Å². The summed E-state index contributed by atoms with van der Waals surface area (Å²) in [5.74, 6) is 0.978. The first-order valence-electron chi connectivity index (χ1n) is 7.38. The fraction of sp³-hybridized carbons (Fsp3) is 0.533. The number of nitrogens with one attached hydrogen (secondary N) is 1. The van der Waals surface area contributed by atoms with Crippen LogP contribution in [0.25, 0.3) is 11.0 Å². The first-order valence-corrected chi connectivity index (χ1v) is 7.38. The molecule has 2 aromatic rings. The molecule has 0 aliphatic carbocycles. The lowest BCUT2D eigenvalue weighted by atomic mass is 10.1. The summed E-state index contributed by atoms with van der Waals surface area (Å²) in [7, 11) is 0. The van der Waals surface area contributed by atoms with Crippen LogP contribution in [0.15, 0.2) is 24.3 Å². The van der Waals surface area contributed by atoms with Crippen molar-refractivity contribution in [2.45, 2.75) is 25.4 Å². The Labute approximate surface area is 119 Å². The third-order valence-corrected chi connectivity index (χ3v) is 3.82. The van der Waals surface area contributed by atoms with Crippen molar-refractivity contribution < 1.29 is 4.74 Å². The van der Waals surface area contributed by atoms with Crippen molar-refractivity contribution in [3.63, 3.8) is 0 Å². The number of para-hydroxylation sites is 2. The fourth-order valence-electron chi connectivity index (χ4n) is 2.66. The van der Waals surface area contributed by atoms with E-state index in [1.807, 2.05) is 18.2 Å². The van der Waals surface area contributed by atoms with E-state index in [1.54, 1.807) is 0 Å². The molecule has 0 saturated carbocycles. The van der Waals surface area contributed by atoms with Crippen molar-refractivity contribution in [2.24, 2.45) is 5.73 Å². The minimum absolute atomic E-state index is 0.377. The lowest BCUT2D eigenvalue weighted by molar-refractivity contribution is 0.0365. The van der Waals surface area contributed by atoms with Crippen LogP contribution in [0.1, 0.15) is 19.3 Å². The lowest BCUT2D eigenvalue weighted by Crippen LogP contribution is -2.37. The Balaban J connectivity index is 1.57. The SMILES string of the molecule is NCCCOC1CCN(c2nc3ccccc3[nH]2)CC1. The van der Waals surface area contributed by atoms with Gasteiger partial charge in [-0.1, -0.05) is 12.1 Å². The summed E-state index contributed by atoms with van der Waals surface area (Å²) in [5, 5.41) is 0. The van der Waals surface area contributed by atoms with Gasteiger partial charge in [-0.3, -0.25) is 0 Å². The molecule has 5 heteroatoms. The van der Waals surface area contributed by atoms with Gasteiger partial charge in [0.2, 0.25) is 5.95 Å². The number of hydrogen-bond donors (Lipinski definition) is 2. The number of benzene rings is 1. The van der Waals surface area contributed by atoms with Crippen LogP contribution < -0.4 is 10.6 Å². The average Bonchev–Trinajstić information content (AvgIpc) is 2.92. The molecule has 0 unspecified atom stereocenters. The first-order chi connectivity index (χ1) is 9.86. The second-order valence-electron chi connectivity index (χ2n) is 5.28. The number of imidazole rings is 1. The molecule has 0 bridgehead atoms. The van der Waals surface area contributed by atoms with Crippen LogP contribution in [0, 0.1) is 0 Å². The minimum atomic E-state index is 0.377. The number of aromatic amines is 1. The van der Waals surface area contributed by atoms with E-state index in [0.717, 1.165) is 55.9 Å². The summed E-state index contributed by atoms with van der Waals surface area (Å²) in [6.07, 6.45) is 3.44. The highest BCUT2D eigenvalue weighted by atomic mass is 16.5. The van der Waals surface area contributed by atoms with Gasteiger partial charge in [-0.2, -0.15) is 0 Å². The molecule has 1 aliphatic rings. The molecule has 1 aromatic carbocycles. The van der Waals surface area contributed by atoms with Gasteiger partial charge in [0.05, 0.1) is 17.1 Å². The second kappa shape index (κ2) is 6.24. The summed E-state index contributed by atoms with van der Waals surface area (Å²) < 4.78 is 5.83. The summed E-state index contributed by atoms with van der Waals surface area (Å²) in [6.45, 7) is 3.48. The van der Waals surface area contributed by atoms with Gasteiger partial charge in [0.15, 0.2) is 0 Å². The fourth-order valence-corrected chi connectivity index (χ4v) is 2.66. The van der Waals surface area contributed by atoms with Gasteiger partial charge in [0, 0.05) is 19.7 Å². The molecule has 1 aromatic heterocycles. The van der Waals surface area contributed by atoms with Crippen LogP contribution in [0.4, 0.5) is 5.95 Å². The zero-order valence-corrected chi connectivity index (χ0v) is 11.7. The maximum atomic E-state index is 5.83. The Morgan fingerprint density at radius 3 is 2.85 bits per heavy atom. The highest BCUT2D eigenvalue weighted by Crippen LogP contribution is 2.21. The molecular weight excluding hydrogens is 252 g/mol. The number of nitrogens with zero attached hydrogens (tertiary/aromatic N) is 2. The van der Waals surface area contributed by atoms with E-state index in [-0.39, 0.29) is 0 Å². The number of piperidine rings is 1. The van der Waals surface area contributed by atoms with Crippen LogP contribution in [-0.2, 0) is 4.74 Å². The highest BCUT2D eigenvalue weighted by Gasteiger charge is 2.21. The van der Waals surface area contributed by atoms with Crippen LogP contribution >= 0.6 is 0 Å². The summed E-state index contributed by atoms with van der Waals surface area (Å²) in [5.41, 5.74) is 7.61. The van der Waals surface area contributed by atoms with Crippen LogP contribution in [-0.4, -0.2) is 42.3 Å². The largest absolute Gasteiger partial charge is 0.378 e. The van der Waals surface area contributed by atoms with E-state index < -0.39 is 0 Å². The van der Waals surface area contributed by atoms with Crippen LogP contribution in [0.2, 0.25) is 0 Å². The van der Waals surface area contributed by atoms with E-state index >= 15 is 0 Å². The van der Waals surface area contributed by atoms with Crippen molar-refractivity contribution in [3.05, 3.63) is 24.3 Å². The number of H-pyrrole nitrogens is 1. The second-order valence-corrected chi connectivity index (χ2v) is 5.28. The zero-order valence-electron chi connectivity index (χ0n) is 11.7. The molecule has 0 radical (unpaired) electrons. The topological polar surface area (TPSA) is 67.2 Å². The maximum Gasteiger partial charge on any atom is 0.203 e. The van der Waals surface area contributed by atoms with Crippen molar-refractivity contribution >= 4 is 17.0 Å². The molecule has 3 N–H and O–H groups in total. The van der Waals surface area contributed by atoms with Crippen molar-refractivity contribution in [1.29, 1.82) is 0 Å². The lowest BCUT2D eigenvalue weighted by Gasteiger charge is -2.31. The Hall–Kier alpha value is -1.59. The molecule has 2 heterocycles. The number of anilines is 1. The van der Waals surface area contributed by atoms with Gasteiger partial charge in [-0.05, 0) is 37.9 Å². The van der Waals surface area contributed by atoms with E-state index in [2.05, 4.69) is 20.9 Å². The van der Waals surface area contributed by atoms with Gasteiger partial charge < -0.3 is 20.4 Å². The molecular formula is C15H22N4O. The van der Waals surface area contributed by atoms with Crippen molar-refractivity contribution in [3.8, 4) is 0 Å². The van der Waals surface area contributed by atoms with E-state index in [1.165, 1.54) is 0 Å². The smallest absolute Gasteiger partial charge is 0.203 e. The number of hydrogen-bond acceptors (Lipinski definition) is 4. The molecule has 1 saturated heterocycles. The zero-order chi connectivity index (χ0) is 13.8. The van der Waals surface area contributed by atoms with Gasteiger partial charge in [-0.15, -0.1) is 0 Å². The Bertz CT molecular complexity index is 513. The predicted octanol–water partition coefficient (Wildman–Crippen LogP) is 1.90. The molecule has 0 atom stereocenters. The molecule has 0 amide bonds. The normalized spacial score (nSPS) is 16.9. The van der Waals surface area contributed by atoms with E-state index in [0.29, 0.717) is 12.6 Å². The molecule has 0 spiro atoms. The molecule has 108 valence electrons. The third kappa shape index (κ3) is 2.94.